The van der Waals surface area contributed by atoms with Crippen molar-refractivity contribution in [3.05, 3.63) is 22.4 Å². The van der Waals surface area contributed by atoms with Crippen LogP contribution in [0.1, 0.15) is 30.4 Å². The molecule has 0 aliphatic rings. The summed E-state index contributed by atoms with van der Waals surface area (Å²) in [5.41, 5.74) is 0. The van der Waals surface area contributed by atoms with E-state index in [1.165, 1.54) is 11.3 Å². The Balaban J connectivity index is 2.34. The average molecular weight is 283 g/mol. The summed E-state index contributed by atoms with van der Waals surface area (Å²) in [6.07, 6.45) is 0. The minimum atomic E-state index is -0.538. The number of hydrogen-bond acceptors (Lipinski definition) is 4. The van der Waals surface area contributed by atoms with Crippen molar-refractivity contribution in [1.82, 2.24) is 16.0 Å². The summed E-state index contributed by atoms with van der Waals surface area (Å²) in [5, 5.41) is 10.5. The summed E-state index contributed by atoms with van der Waals surface area (Å²) < 4.78 is 0. The standard InChI is InChI=1S/C13H21N3O2S/c1-4-14-9(2)8-15-12(17)10(3)16-13(18)11-6-5-7-19-11/h5-7,9-10,14H,4,8H2,1-3H3,(H,15,17)(H,16,18)/t9-,10?/m1/s1. The predicted octanol–water partition coefficient (Wildman–Crippen LogP) is 0.981. The second-order valence-electron chi connectivity index (χ2n) is 4.38. The van der Waals surface area contributed by atoms with Crippen molar-refractivity contribution in [3.63, 3.8) is 0 Å². The molecule has 0 radical (unpaired) electrons. The molecule has 2 atom stereocenters. The van der Waals surface area contributed by atoms with Gasteiger partial charge in [0, 0.05) is 12.6 Å². The maximum Gasteiger partial charge on any atom is 0.261 e. The second kappa shape index (κ2) is 7.91. The van der Waals surface area contributed by atoms with Crippen molar-refractivity contribution in [1.29, 1.82) is 0 Å². The third kappa shape index (κ3) is 5.40. The molecule has 1 aromatic heterocycles. The van der Waals surface area contributed by atoms with E-state index in [1.807, 2.05) is 25.3 Å². The first-order chi connectivity index (χ1) is 9.04. The van der Waals surface area contributed by atoms with Crippen LogP contribution in [0.5, 0.6) is 0 Å². The molecule has 0 aliphatic carbocycles. The Morgan fingerprint density at radius 2 is 2.11 bits per heavy atom. The van der Waals surface area contributed by atoms with Crippen LogP contribution in [0.4, 0.5) is 0 Å². The van der Waals surface area contributed by atoms with E-state index < -0.39 is 6.04 Å². The van der Waals surface area contributed by atoms with Gasteiger partial charge in [-0.1, -0.05) is 13.0 Å². The number of hydrogen-bond donors (Lipinski definition) is 3. The lowest BCUT2D eigenvalue weighted by molar-refractivity contribution is -0.122. The number of likely N-dealkylation sites (N-methyl/N-ethyl adjacent to an activating group) is 1. The van der Waals surface area contributed by atoms with Crippen molar-refractivity contribution < 1.29 is 9.59 Å². The highest BCUT2D eigenvalue weighted by molar-refractivity contribution is 7.12. The molecule has 0 bridgehead atoms. The van der Waals surface area contributed by atoms with E-state index in [2.05, 4.69) is 16.0 Å². The molecule has 0 spiro atoms. The summed E-state index contributed by atoms with van der Waals surface area (Å²) in [6, 6.07) is 3.22. The van der Waals surface area contributed by atoms with E-state index in [4.69, 9.17) is 0 Å². The fourth-order valence-corrected chi connectivity index (χ4v) is 2.20. The summed E-state index contributed by atoms with van der Waals surface area (Å²) in [5.74, 6) is -0.382. The lowest BCUT2D eigenvalue weighted by Crippen LogP contribution is -2.48. The summed E-state index contributed by atoms with van der Waals surface area (Å²) in [7, 11) is 0. The summed E-state index contributed by atoms with van der Waals surface area (Å²) in [6.45, 7) is 7.10. The Morgan fingerprint density at radius 3 is 2.68 bits per heavy atom. The molecule has 0 aliphatic heterocycles. The van der Waals surface area contributed by atoms with Crippen LogP contribution in [-0.2, 0) is 4.79 Å². The van der Waals surface area contributed by atoms with E-state index in [1.54, 1.807) is 13.0 Å². The molecule has 3 N–H and O–H groups in total. The van der Waals surface area contributed by atoms with Gasteiger partial charge < -0.3 is 16.0 Å². The molecule has 1 rings (SSSR count). The fourth-order valence-electron chi connectivity index (χ4n) is 1.57. The van der Waals surface area contributed by atoms with Gasteiger partial charge in [-0.05, 0) is 31.8 Å². The van der Waals surface area contributed by atoms with Crippen LogP contribution in [0.15, 0.2) is 17.5 Å². The van der Waals surface area contributed by atoms with Crippen molar-refractivity contribution >= 4 is 23.2 Å². The van der Waals surface area contributed by atoms with Crippen LogP contribution in [0.25, 0.3) is 0 Å². The highest BCUT2D eigenvalue weighted by atomic mass is 32.1. The number of rotatable bonds is 7. The Kier molecular flexibility index (Phi) is 6.52. The summed E-state index contributed by atoms with van der Waals surface area (Å²) >= 11 is 1.36. The van der Waals surface area contributed by atoms with E-state index in [0.717, 1.165) is 6.54 Å². The lowest BCUT2D eigenvalue weighted by atomic mass is 10.2. The Morgan fingerprint density at radius 1 is 1.37 bits per heavy atom. The molecule has 0 fully saturated rings. The lowest BCUT2D eigenvalue weighted by Gasteiger charge is -2.17. The molecule has 19 heavy (non-hydrogen) atoms. The van der Waals surface area contributed by atoms with Gasteiger partial charge in [0.2, 0.25) is 5.91 Å². The third-order valence-corrected chi connectivity index (χ3v) is 3.49. The molecular formula is C13H21N3O2S. The quantitative estimate of drug-likeness (QED) is 0.698. The first-order valence-electron chi connectivity index (χ1n) is 6.40. The molecule has 0 saturated carbocycles. The number of carbonyl (C=O) groups is 2. The average Bonchev–Trinajstić information content (AvgIpc) is 2.90. The van der Waals surface area contributed by atoms with Gasteiger partial charge in [0.25, 0.3) is 5.91 Å². The largest absolute Gasteiger partial charge is 0.353 e. The monoisotopic (exact) mass is 283 g/mol. The van der Waals surface area contributed by atoms with Gasteiger partial charge in [-0.15, -0.1) is 11.3 Å². The molecule has 2 amide bonds. The highest BCUT2D eigenvalue weighted by Crippen LogP contribution is 2.07. The maximum atomic E-state index is 11.8. The zero-order valence-corrected chi connectivity index (χ0v) is 12.3. The van der Waals surface area contributed by atoms with Gasteiger partial charge in [0.15, 0.2) is 0 Å². The van der Waals surface area contributed by atoms with Crippen LogP contribution >= 0.6 is 11.3 Å². The Bertz CT molecular complexity index is 406. The predicted molar refractivity (Wildman–Crippen MR) is 77.4 cm³/mol. The zero-order chi connectivity index (χ0) is 14.3. The molecule has 0 saturated heterocycles. The van der Waals surface area contributed by atoms with E-state index >= 15 is 0 Å². The van der Waals surface area contributed by atoms with E-state index in [-0.39, 0.29) is 17.9 Å². The summed E-state index contributed by atoms with van der Waals surface area (Å²) in [4.78, 5) is 24.2. The fraction of sp³-hybridized carbons (Fsp3) is 0.538. The first-order valence-corrected chi connectivity index (χ1v) is 7.28. The van der Waals surface area contributed by atoms with Crippen molar-refractivity contribution in [3.8, 4) is 0 Å². The van der Waals surface area contributed by atoms with Gasteiger partial charge in [0.1, 0.15) is 6.04 Å². The van der Waals surface area contributed by atoms with Crippen LogP contribution in [-0.4, -0.2) is 37.0 Å². The normalized spacial score (nSPS) is 13.6. The number of thiophene rings is 1. The molecule has 106 valence electrons. The first kappa shape index (κ1) is 15.7. The molecule has 6 heteroatoms. The number of carbonyl (C=O) groups excluding carboxylic acids is 2. The van der Waals surface area contributed by atoms with Crippen LogP contribution in [0, 0.1) is 0 Å². The number of nitrogens with one attached hydrogen (secondary N) is 3. The maximum absolute atomic E-state index is 11.8. The van der Waals surface area contributed by atoms with Gasteiger partial charge in [-0.25, -0.2) is 0 Å². The zero-order valence-electron chi connectivity index (χ0n) is 11.5. The Labute approximate surface area is 117 Å². The Hall–Kier alpha value is -1.40. The van der Waals surface area contributed by atoms with Gasteiger partial charge in [0.05, 0.1) is 4.88 Å². The smallest absolute Gasteiger partial charge is 0.261 e. The van der Waals surface area contributed by atoms with Crippen LogP contribution in [0.3, 0.4) is 0 Å². The van der Waals surface area contributed by atoms with Crippen LogP contribution in [0.2, 0.25) is 0 Å². The van der Waals surface area contributed by atoms with Crippen molar-refractivity contribution in [2.45, 2.75) is 32.9 Å². The van der Waals surface area contributed by atoms with Gasteiger partial charge in [-0.2, -0.15) is 0 Å². The topological polar surface area (TPSA) is 70.2 Å². The van der Waals surface area contributed by atoms with E-state index in [0.29, 0.717) is 11.4 Å². The molecule has 1 unspecified atom stereocenters. The minimum Gasteiger partial charge on any atom is -0.353 e. The SMILES string of the molecule is CCN[C@H](C)CNC(=O)C(C)NC(=O)c1cccs1. The molecule has 1 aromatic rings. The van der Waals surface area contributed by atoms with Crippen molar-refractivity contribution in [2.24, 2.45) is 0 Å². The van der Waals surface area contributed by atoms with Crippen molar-refractivity contribution in [2.75, 3.05) is 13.1 Å². The van der Waals surface area contributed by atoms with Gasteiger partial charge in [-0.3, -0.25) is 9.59 Å². The minimum absolute atomic E-state index is 0.172. The van der Waals surface area contributed by atoms with Crippen LogP contribution < -0.4 is 16.0 Å². The van der Waals surface area contributed by atoms with Gasteiger partial charge >= 0.3 is 0 Å². The molecule has 5 nitrogen and oxygen atoms in total. The highest BCUT2D eigenvalue weighted by Gasteiger charge is 2.17. The van der Waals surface area contributed by atoms with E-state index in [9.17, 15) is 9.59 Å². The molecule has 1 heterocycles. The molecule has 0 aromatic carbocycles. The number of amides is 2. The second-order valence-corrected chi connectivity index (χ2v) is 5.32. The third-order valence-electron chi connectivity index (χ3n) is 2.62. The molecular weight excluding hydrogens is 262 g/mol.